The van der Waals surface area contributed by atoms with Gasteiger partial charge in [-0.3, -0.25) is 9.78 Å². The van der Waals surface area contributed by atoms with E-state index >= 15 is 0 Å². The standard InChI is InChI=1S/C16H14ClNO3/c1-20-15-9-11(8-13(17)16(15)21-2)5-6-14(19)12-4-3-7-18-10-12/h3-10H,1-2H3. The van der Waals surface area contributed by atoms with Gasteiger partial charge in [-0.05, 0) is 35.9 Å². The summed E-state index contributed by atoms with van der Waals surface area (Å²) in [6.45, 7) is 0. The summed E-state index contributed by atoms with van der Waals surface area (Å²) in [7, 11) is 3.05. The second-order valence-electron chi connectivity index (χ2n) is 4.18. The van der Waals surface area contributed by atoms with Gasteiger partial charge in [0.2, 0.25) is 0 Å². The Morgan fingerprint density at radius 3 is 2.71 bits per heavy atom. The summed E-state index contributed by atoms with van der Waals surface area (Å²) in [5.74, 6) is 0.849. The molecule has 0 amide bonds. The number of nitrogens with zero attached hydrogens (tertiary/aromatic N) is 1. The van der Waals surface area contributed by atoms with E-state index < -0.39 is 0 Å². The van der Waals surface area contributed by atoms with E-state index in [1.54, 1.807) is 36.5 Å². The first-order valence-corrected chi connectivity index (χ1v) is 6.57. The van der Waals surface area contributed by atoms with Gasteiger partial charge in [-0.15, -0.1) is 0 Å². The molecule has 0 unspecified atom stereocenters. The van der Waals surface area contributed by atoms with Crippen LogP contribution in [0.5, 0.6) is 11.5 Å². The van der Waals surface area contributed by atoms with Crippen molar-refractivity contribution in [3.05, 3.63) is 58.9 Å². The van der Waals surface area contributed by atoms with Gasteiger partial charge in [-0.2, -0.15) is 0 Å². The highest BCUT2D eigenvalue weighted by molar-refractivity contribution is 6.32. The van der Waals surface area contributed by atoms with Crippen LogP contribution in [0.1, 0.15) is 15.9 Å². The van der Waals surface area contributed by atoms with Crippen LogP contribution in [-0.4, -0.2) is 25.0 Å². The van der Waals surface area contributed by atoms with E-state index in [2.05, 4.69) is 4.98 Å². The zero-order chi connectivity index (χ0) is 15.2. The molecule has 1 aromatic carbocycles. The molecule has 5 heteroatoms. The molecule has 0 radical (unpaired) electrons. The third-order valence-electron chi connectivity index (χ3n) is 2.83. The van der Waals surface area contributed by atoms with Gasteiger partial charge in [0.1, 0.15) is 0 Å². The molecule has 0 N–H and O–H groups in total. The Morgan fingerprint density at radius 1 is 1.29 bits per heavy atom. The maximum Gasteiger partial charge on any atom is 0.187 e. The van der Waals surface area contributed by atoms with Gasteiger partial charge in [0.15, 0.2) is 17.3 Å². The fourth-order valence-corrected chi connectivity index (χ4v) is 2.11. The molecule has 0 saturated carbocycles. The average Bonchev–Trinajstić information content (AvgIpc) is 2.52. The molecule has 0 fully saturated rings. The number of rotatable bonds is 5. The Labute approximate surface area is 128 Å². The number of methoxy groups -OCH3 is 2. The predicted molar refractivity (Wildman–Crippen MR) is 82.2 cm³/mol. The van der Waals surface area contributed by atoms with Crippen LogP contribution < -0.4 is 9.47 Å². The normalized spacial score (nSPS) is 10.6. The van der Waals surface area contributed by atoms with E-state index in [1.165, 1.54) is 26.5 Å². The van der Waals surface area contributed by atoms with Gasteiger partial charge in [-0.25, -0.2) is 0 Å². The second-order valence-corrected chi connectivity index (χ2v) is 4.58. The number of hydrogen-bond donors (Lipinski definition) is 0. The Kier molecular flexibility index (Phi) is 4.95. The number of carbonyl (C=O) groups excluding carboxylic acids is 1. The molecule has 0 aliphatic carbocycles. The summed E-state index contributed by atoms with van der Waals surface area (Å²) in [6, 6.07) is 6.88. The van der Waals surface area contributed by atoms with Gasteiger partial charge in [0.25, 0.3) is 0 Å². The zero-order valence-electron chi connectivity index (χ0n) is 11.7. The first-order chi connectivity index (χ1) is 10.2. The number of ether oxygens (including phenoxy) is 2. The quantitative estimate of drug-likeness (QED) is 0.625. The van der Waals surface area contributed by atoms with Crippen LogP contribution in [0.25, 0.3) is 6.08 Å². The molecular formula is C16H14ClNO3. The van der Waals surface area contributed by atoms with Crippen molar-refractivity contribution in [2.45, 2.75) is 0 Å². The molecule has 0 spiro atoms. The average molecular weight is 304 g/mol. The Balaban J connectivity index is 2.25. The number of ketones is 1. The third-order valence-corrected chi connectivity index (χ3v) is 3.11. The van der Waals surface area contributed by atoms with Crippen LogP contribution in [0.3, 0.4) is 0 Å². The number of carbonyl (C=O) groups is 1. The third kappa shape index (κ3) is 3.61. The van der Waals surface area contributed by atoms with Crippen molar-refractivity contribution in [2.24, 2.45) is 0 Å². The summed E-state index contributed by atoms with van der Waals surface area (Å²) in [5, 5.41) is 0.422. The van der Waals surface area contributed by atoms with Crippen LogP contribution >= 0.6 is 11.6 Å². The number of pyridine rings is 1. The van der Waals surface area contributed by atoms with E-state index in [1.807, 2.05) is 0 Å². The summed E-state index contributed by atoms with van der Waals surface area (Å²) in [6.07, 6.45) is 6.28. The molecule has 21 heavy (non-hydrogen) atoms. The molecule has 2 rings (SSSR count). The van der Waals surface area contributed by atoms with E-state index in [9.17, 15) is 4.79 Å². The van der Waals surface area contributed by atoms with Gasteiger partial charge in [0, 0.05) is 18.0 Å². The van der Waals surface area contributed by atoms with Gasteiger partial charge in [0.05, 0.1) is 19.2 Å². The maximum absolute atomic E-state index is 12.0. The fraction of sp³-hybridized carbons (Fsp3) is 0.125. The van der Waals surface area contributed by atoms with Crippen molar-refractivity contribution in [3.63, 3.8) is 0 Å². The molecular weight excluding hydrogens is 290 g/mol. The predicted octanol–water partition coefficient (Wildman–Crippen LogP) is 3.65. The summed E-state index contributed by atoms with van der Waals surface area (Å²) in [4.78, 5) is 15.9. The van der Waals surface area contributed by atoms with E-state index in [0.29, 0.717) is 22.1 Å². The molecule has 2 aromatic rings. The molecule has 0 bridgehead atoms. The molecule has 0 aliphatic rings. The van der Waals surface area contributed by atoms with E-state index in [0.717, 1.165) is 5.56 Å². The highest BCUT2D eigenvalue weighted by atomic mass is 35.5. The fourth-order valence-electron chi connectivity index (χ4n) is 1.81. The number of benzene rings is 1. The molecule has 4 nitrogen and oxygen atoms in total. The van der Waals surface area contributed by atoms with Gasteiger partial charge in [-0.1, -0.05) is 17.7 Å². The zero-order valence-corrected chi connectivity index (χ0v) is 12.4. The number of allylic oxidation sites excluding steroid dienone is 1. The minimum Gasteiger partial charge on any atom is -0.493 e. The molecule has 108 valence electrons. The number of halogens is 1. The van der Waals surface area contributed by atoms with Crippen molar-refractivity contribution in [1.29, 1.82) is 0 Å². The van der Waals surface area contributed by atoms with Gasteiger partial charge < -0.3 is 9.47 Å². The minimum atomic E-state index is -0.131. The van der Waals surface area contributed by atoms with Crippen LogP contribution in [0, 0.1) is 0 Å². The van der Waals surface area contributed by atoms with Crippen molar-refractivity contribution in [3.8, 4) is 11.5 Å². The molecule has 0 atom stereocenters. The van der Waals surface area contributed by atoms with Crippen LogP contribution in [0.15, 0.2) is 42.7 Å². The highest BCUT2D eigenvalue weighted by Gasteiger charge is 2.10. The molecule has 0 aliphatic heterocycles. The Morgan fingerprint density at radius 2 is 2.10 bits per heavy atom. The Bertz CT molecular complexity index is 669. The van der Waals surface area contributed by atoms with Crippen molar-refractivity contribution < 1.29 is 14.3 Å². The summed E-state index contributed by atoms with van der Waals surface area (Å²) < 4.78 is 10.4. The van der Waals surface area contributed by atoms with Crippen molar-refractivity contribution in [2.75, 3.05) is 14.2 Å². The van der Waals surface area contributed by atoms with Crippen molar-refractivity contribution in [1.82, 2.24) is 4.98 Å². The summed E-state index contributed by atoms with van der Waals surface area (Å²) >= 11 is 6.11. The largest absolute Gasteiger partial charge is 0.493 e. The SMILES string of the molecule is COc1cc(C=CC(=O)c2cccnc2)cc(Cl)c1OC. The minimum absolute atomic E-state index is 0.131. The lowest BCUT2D eigenvalue weighted by Crippen LogP contribution is -1.95. The van der Waals surface area contributed by atoms with E-state index in [-0.39, 0.29) is 5.78 Å². The Hall–Kier alpha value is -2.33. The van der Waals surface area contributed by atoms with Crippen LogP contribution in [0.4, 0.5) is 0 Å². The first kappa shape index (κ1) is 15.1. The topological polar surface area (TPSA) is 48.4 Å². The van der Waals surface area contributed by atoms with Gasteiger partial charge >= 0.3 is 0 Å². The molecule has 1 heterocycles. The number of aromatic nitrogens is 1. The summed E-state index contributed by atoms with van der Waals surface area (Å²) in [5.41, 5.74) is 1.27. The van der Waals surface area contributed by atoms with Crippen LogP contribution in [-0.2, 0) is 0 Å². The first-order valence-electron chi connectivity index (χ1n) is 6.19. The lowest BCUT2D eigenvalue weighted by atomic mass is 10.1. The second kappa shape index (κ2) is 6.90. The maximum atomic E-state index is 12.0. The molecule has 0 saturated heterocycles. The van der Waals surface area contributed by atoms with Crippen molar-refractivity contribution >= 4 is 23.5 Å². The van der Waals surface area contributed by atoms with Crippen LogP contribution in [0.2, 0.25) is 5.02 Å². The number of hydrogen-bond acceptors (Lipinski definition) is 4. The highest BCUT2D eigenvalue weighted by Crippen LogP contribution is 2.36. The lowest BCUT2D eigenvalue weighted by molar-refractivity contribution is 0.104. The monoisotopic (exact) mass is 303 g/mol. The smallest absolute Gasteiger partial charge is 0.187 e. The lowest BCUT2D eigenvalue weighted by Gasteiger charge is -2.10. The molecule has 1 aromatic heterocycles. The van der Waals surface area contributed by atoms with E-state index in [4.69, 9.17) is 21.1 Å².